The van der Waals surface area contributed by atoms with E-state index in [1.807, 2.05) is 0 Å². The van der Waals surface area contributed by atoms with Crippen molar-refractivity contribution in [3.05, 3.63) is 243 Å². The molecule has 0 amide bonds. The average molecular weight is 810 g/mol. The van der Waals surface area contributed by atoms with Crippen LogP contribution >= 0.6 is 0 Å². The summed E-state index contributed by atoms with van der Waals surface area (Å²) in [5, 5.41) is 0. The van der Waals surface area contributed by atoms with Crippen LogP contribution < -0.4 is 4.90 Å². The minimum Gasteiger partial charge on any atom is -0.303 e. The Morgan fingerprint density at radius 2 is 1.19 bits per heavy atom. The van der Waals surface area contributed by atoms with E-state index in [1.165, 1.54) is 89.1 Å². The highest BCUT2D eigenvalue weighted by Gasteiger charge is 2.50. The minimum atomic E-state index is -0.452. The molecule has 0 saturated heterocycles. The van der Waals surface area contributed by atoms with Gasteiger partial charge in [-0.05, 0) is 164 Å². The van der Waals surface area contributed by atoms with Gasteiger partial charge in [0.1, 0.15) is 0 Å². The summed E-state index contributed by atoms with van der Waals surface area (Å²) in [5.41, 5.74) is 24.4. The Morgan fingerprint density at radius 1 is 0.571 bits per heavy atom. The van der Waals surface area contributed by atoms with Crippen LogP contribution in [0, 0.1) is 19.3 Å². The number of hydrogen-bond acceptors (Lipinski definition) is 1. The lowest BCUT2D eigenvalue weighted by atomic mass is 9.64. The summed E-state index contributed by atoms with van der Waals surface area (Å²) in [6, 6.07) is 60.7. The number of allylic oxidation sites excluding steroid dienone is 8. The van der Waals surface area contributed by atoms with Crippen LogP contribution in [0.3, 0.4) is 0 Å². The number of benzene rings is 7. The predicted molar refractivity (Wildman–Crippen MR) is 265 cm³/mol. The largest absolute Gasteiger partial charge is 0.303 e. The second-order valence-electron chi connectivity index (χ2n) is 18.3. The molecule has 0 aromatic heterocycles. The Morgan fingerprint density at radius 3 is 1.94 bits per heavy atom. The van der Waals surface area contributed by atoms with Crippen LogP contribution in [0.5, 0.6) is 0 Å². The molecule has 1 unspecified atom stereocenters. The Bertz CT molecular complexity index is 3160. The normalized spacial score (nSPS) is 18.0. The fourth-order valence-corrected chi connectivity index (χ4v) is 11.6. The molecule has 0 radical (unpaired) electrons. The summed E-state index contributed by atoms with van der Waals surface area (Å²) in [5.74, 6) is 3.27. The van der Waals surface area contributed by atoms with Crippen molar-refractivity contribution < 1.29 is 0 Å². The first-order chi connectivity index (χ1) is 30.8. The summed E-state index contributed by atoms with van der Waals surface area (Å²) in [7, 11) is 0. The van der Waals surface area contributed by atoms with E-state index in [9.17, 15) is 0 Å². The van der Waals surface area contributed by atoms with Gasteiger partial charge in [0, 0.05) is 16.8 Å². The SMILES string of the molecule is C#C/C(=C\C1=C(C)c2ccccc2C1(C)C)N(c1ccc2c(c1)C1(C3=CCCC=C3CCc3ccccc31)c1ccccc1-2)c1ccc(-c2ccc(-c3ccccc3)cc2)cc1C. The fourth-order valence-electron chi connectivity index (χ4n) is 11.6. The van der Waals surface area contributed by atoms with Crippen molar-refractivity contribution in [2.75, 3.05) is 4.90 Å². The molecule has 4 aliphatic rings. The third kappa shape index (κ3) is 6.00. The van der Waals surface area contributed by atoms with Crippen LogP contribution in [0.15, 0.2) is 204 Å². The number of rotatable bonds is 6. The molecule has 63 heavy (non-hydrogen) atoms. The predicted octanol–water partition coefficient (Wildman–Crippen LogP) is 15.7. The molecule has 0 bridgehead atoms. The highest BCUT2D eigenvalue weighted by Crippen LogP contribution is 2.61. The van der Waals surface area contributed by atoms with Gasteiger partial charge in [-0.2, -0.15) is 0 Å². The van der Waals surface area contributed by atoms with Gasteiger partial charge in [0.2, 0.25) is 0 Å². The van der Waals surface area contributed by atoms with Crippen molar-refractivity contribution in [2.24, 2.45) is 0 Å². The van der Waals surface area contributed by atoms with Gasteiger partial charge in [-0.25, -0.2) is 0 Å². The highest BCUT2D eigenvalue weighted by molar-refractivity contribution is 5.91. The lowest BCUT2D eigenvalue weighted by molar-refractivity contribution is 0.653. The van der Waals surface area contributed by atoms with E-state index in [2.05, 4.69) is 221 Å². The van der Waals surface area contributed by atoms with Gasteiger partial charge in [0.15, 0.2) is 0 Å². The van der Waals surface area contributed by atoms with Crippen molar-refractivity contribution in [3.8, 4) is 45.7 Å². The molecule has 11 rings (SSSR count). The van der Waals surface area contributed by atoms with Crippen molar-refractivity contribution in [1.29, 1.82) is 0 Å². The molecule has 1 atom stereocenters. The molecule has 4 aliphatic carbocycles. The molecule has 0 heterocycles. The molecule has 7 aromatic carbocycles. The lowest BCUT2D eigenvalue weighted by Crippen LogP contribution is -2.31. The molecule has 0 fully saturated rings. The lowest BCUT2D eigenvalue weighted by Gasteiger charge is -2.38. The molecule has 0 saturated carbocycles. The van der Waals surface area contributed by atoms with Crippen LogP contribution in [-0.4, -0.2) is 0 Å². The van der Waals surface area contributed by atoms with E-state index in [0.29, 0.717) is 0 Å². The smallest absolute Gasteiger partial charge is 0.0970 e. The number of aryl methyl sites for hydroxylation is 2. The van der Waals surface area contributed by atoms with Crippen LogP contribution in [-0.2, 0) is 17.3 Å². The van der Waals surface area contributed by atoms with E-state index in [4.69, 9.17) is 6.42 Å². The van der Waals surface area contributed by atoms with Crippen molar-refractivity contribution in [2.45, 2.75) is 64.2 Å². The molecule has 0 aliphatic heterocycles. The van der Waals surface area contributed by atoms with Gasteiger partial charge in [-0.3, -0.25) is 0 Å². The summed E-state index contributed by atoms with van der Waals surface area (Å²) >= 11 is 0. The van der Waals surface area contributed by atoms with Gasteiger partial charge in [-0.15, -0.1) is 6.42 Å². The molecule has 1 spiro atoms. The first-order valence-electron chi connectivity index (χ1n) is 22.6. The number of nitrogens with zero attached hydrogens (tertiary/aromatic N) is 1. The molecular formula is C62H51N. The van der Waals surface area contributed by atoms with Gasteiger partial charge in [0.25, 0.3) is 0 Å². The zero-order valence-corrected chi connectivity index (χ0v) is 36.7. The highest BCUT2D eigenvalue weighted by atomic mass is 15.1. The van der Waals surface area contributed by atoms with E-state index >= 15 is 0 Å². The quantitative estimate of drug-likeness (QED) is 0.151. The fraction of sp³-hybridized carbons (Fsp3) is 0.161. The third-order valence-corrected chi connectivity index (χ3v) is 14.5. The maximum atomic E-state index is 6.79. The minimum absolute atomic E-state index is 0.219. The van der Waals surface area contributed by atoms with Gasteiger partial charge in [-0.1, -0.05) is 171 Å². The Hall–Kier alpha value is -7.14. The standard InChI is InChI=1S/C62H51N/c1-6-49(39-58-42(3)51-22-12-16-26-56(51)61(58,4)5)63(60-37-34-48(38-41(60)2)45-30-28-44(29-31-45)43-18-8-7-9-19-43)50-35-36-53-52-23-13-17-27-57(52)62(59(53)40-50)54-24-14-10-20-46(54)32-33-47-21-11-15-25-55(47)62/h1,7-10,12-14,16-31,34-40H,11,15,32-33H2,2-5H3/b49-39+. The topological polar surface area (TPSA) is 3.24 Å². The molecular weight excluding hydrogens is 759 g/mol. The van der Waals surface area contributed by atoms with Gasteiger partial charge in [0.05, 0.1) is 11.1 Å². The van der Waals surface area contributed by atoms with Gasteiger partial charge < -0.3 is 4.90 Å². The monoisotopic (exact) mass is 809 g/mol. The summed E-state index contributed by atoms with van der Waals surface area (Å²) in [4.78, 5) is 2.36. The zero-order chi connectivity index (χ0) is 42.9. The Balaban J connectivity index is 1.12. The first kappa shape index (κ1) is 38.8. The summed E-state index contributed by atoms with van der Waals surface area (Å²) in [6.07, 6.45) is 18.4. The van der Waals surface area contributed by atoms with Crippen LogP contribution in [0.25, 0.3) is 39.0 Å². The molecule has 0 N–H and O–H groups in total. The van der Waals surface area contributed by atoms with Crippen LogP contribution in [0.2, 0.25) is 0 Å². The average Bonchev–Trinajstić information content (AvgIpc) is 3.65. The zero-order valence-electron chi connectivity index (χ0n) is 36.7. The number of anilines is 2. The van der Waals surface area contributed by atoms with Crippen molar-refractivity contribution in [3.63, 3.8) is 0 Å². The maximum absolute atomic E-state index is 6.79. The second-order valence-corrected chi connectivity index (χ2v) is 18.3. The van der Waals surface area contributed by atoms with Crippen molar-refractivity contribution >= 4 is 16.9 Å². The number of terminal acetylenes is 1. The first-order valence-corrected chi connectivity index (χ1v) is 22.6. The van der Waals surface area contributed by atoms with Crippen LogP contribution in [0.1, 0.15) is 79.0 Å². The van der Waals surface area contributed by atoms with E-state index in [1.54, 1.807) is 0 Å². The van der Waals surface area contributed by atoms with Crippen molar-refractivity contribution in [1.82, 2.24) is 0 Å². The van der Waals surface area contributed by atoms with Crippen LogP contribution in [0.4, 0.5) is 11.4 Å². The number of fused-ring (bicyclic) bond motifs is 10. The summed E-state index contributed by atoms with van der Waals surface area (Å²) < 4.78 is 0. The molecule has 1 nitrogen and oxygen atoms in total. The molecule has 304 valence electrons. The van der Waals surface area contributed by atoms with E-state index in [-0.39, 0.29) is 5.41 Å². The summed E-state index contributed by atoms with van der Waals surface area (Å²) in [6.45, 7) is 9.15. The molecule has 1 heteroatoms. The Labute approximate surface area is 373 Å². The Kier molecular flexibility index (Phi) is 9.25. The van der Waals surface area contributed by atoms with E-state index < -0.39 is 5.41 Å². The third-order valence-electron chi connectivity index (χ3n) is 14.5. The van der Waals surface area contributed by atoms with E-state index in [0.717, 1.165) is 48.3 Å². The second kappa shape index (κ2) is 15.0. The van der Waals surface area contributed by atoms with Gasteiger partial charge >= 0.3 is 0 Å². The number of hydrogen-bond donors (Lipinski definition) is 0. The molecule has 7 aromatic rings. The maximum Gasteiger partial charge on any atom is 0.0970 e.